The van der Waals surface area contributed by atoms with Gasteiger partial charge in [0.15, 0.2) is 0 Å². The van der Waals surface area contributed by atoms with E-state index < -0.39 is 0 Å². The maximum Gasteiger partial charge on any atom is 0.373 e. The zero-order valence-corrected chi connectivity index (χ0v) is 12.3. The first-order valence-electron chi connectivity index (χ1n) is 7.23. The minimum absolute atomic E-state index is 0.0595. The first kappa shape index (κ1) is 14.6. The Morgan fingerprint density at radius 1 is 1.20 bits per heavy atom. The Kier molecular flexibility index (Phi) is 4.83. The fourth-order valence-electron chi connectivity index (χ4n) is 2.95. The van der Waals surface area contributed by atoms with Crippen molar-refractivity contribution >= 4 is 5.97 Å². The lowest BCUT2D eigenvalue weighted by Crippen LogP contribution is -2.33. The van der Waals surface area contributed by atoms with Crippen molar-refractivity contribution < 1.29 is 14.3 Å². The van der Waals surface area contributed by atoms with Crippen molar-refractivity contribution in [1.29, 1.82) is 0 Å². The van der Waals surface area contributed by atoms with Gasteiger partial charge in [-0.3, -0.25) is 0 Å². The van der Waals surface area contributed by atoms with Crippen LogP contribution in [0, 0.1) is 5.92 Å². The number of benzene rings is 1. The quantitative estimate of drug-likeness (QED) is 0.786. The van der Waals surface area contributed by atoms with Crippen LogP contribution in [0.15, 0.2) is 42.2 Å². The smallest absolute Gasteiger partial charge is 0.373 e. The second-order valence-corrected chi connectivity index (χ2v) is 5.10. The van der Waals surface area contributed by atoms with Gasteiger partial charge in [0.1, 0.15) is 6.10 Å². The van der Waals surface area contributed by atoms with E-state index in [1.807, 2.05) is 24.3 Å². The molecule has 0 radical (unpaired) electrons. The molecule has 0 aliphatic carbocycles. The monoisotopic (exact) mass is 274 g/mol. The van der Waals surface area contributed by atoms with E-state index in [1.165, 1.54) is 12.7 Å². The Hall–Kier alpha value is -1.77. The third kappa shape index (κ3) is 2.87. The molecule has 0 saturated heterocycles. The number of hydrogen-bond donors (Lipinski definition) is 0. The first-order valence-corrected chi connectivity index (χ1v) is 7.23. The number of ether oxygens (including phenoxy) is 2. The molecule has 0 N–H and O–H groups in total. The third-order valence-electron chi connectivity index (χ3n) is 3.99. The minimum Gasteiger partial charge on any atom is -0.483 e. The lowest BCUT2D eigenvalue weighted by Gasteiger charge is -2.36. The average Bonchev–Trinajstić information content (AvgIpc) is 2.53. The number of hydrogen-bond acceptors (Lipinski definition) is 3. The molecule has 1 aliphatic heterocycles. The molecular weight excluding hydrogens is 252 g/mol. The zero-order chi connectivity index (χ0) is 14.5. The van der Waals surface area contributed by atoms with Crippen LogP contribution >= 0.6 is 0 Å². The van der Waals surface area contributed by atoms with Gasteiger partial charge in [0.2, 0.25) is 5.76 Å². The summed E-state index contributed by atoms with van der Waals surface area (Å²) in [5.74, 6) is 0.543. The van der Waals surface area contributed by atoms with Crippen LogP contribution in [0.1, 0.15) is 38.2 Å². The molecule has 3 nitrogen and oxygen atoms in total. The highest BCUT2D eigenvalue weighted by Crippen LogP contribution is 2.39. The van der Waals surface area contributed by atoms with Crippen LogP contribution in [0.2, 0.25) is 0 Å². The summed E-state index contributed by atoms with van der Waals surface area (Å²) in [4.78, 5) is 11.8. The van der Waals surface area contributed by atoms with Gasteiger partial charge in [0, 0.05) is 11.8 Å². The molecule has 1 aromatic rings. The summed E-state index contributed by atoms with van der Waals surface area (Å²) >= 11 is 0. The number of allylic oxidation sites excluding steroid dienone is 1. The van der Waals surface area contributed by atoms with E-state index in [2.05, 4.69) is 26.0 Å². The summed E-state index contributed by atoms with van der Waals surface area (Å²) < 4.78 is 10.6. The molecule has 0 spiro atoms. The van der Waals surface area contributed by atoms with E-state index in [0.29, 0.717) is 11.7 Å². The lowest BCUT2D eigenvalue weighted by atomic mass is 9.78. The first-order chi connectivity index (χ1) is 9.71. The predicted octanol–water partition coefficient (Wildman–Crippen LogP) is 3.66. The summed E-state index contributed by atoms with van der Waals surface area (Å²) in [6, 6.07) is 10.3. The van der Waals surface area contributed by atoms with E-state index in [0.717, 1.165) is 12.8 Å². The highest BCUT2D eigenvalue weighted by atomic mass is 16.6. The van der Waals surface area contributed by atoms with Crippen molar-refractivity contribution in [3.8, 4) is 0 Å². The second-order valence-electron chi connectivity index (χ2n) is 5.10. The Morgan fingerprint density at radius 3 is 2.45 bits per heavy atom. The van der Waals surface area contributed by atoms with E-state index in [1.54, 1.807) is 0 Å². The Bertz CT molecular complexity index is 478. The fraction of sp³-hybridized carbons (Fsp3) is 0.471. The summed E-state index contributed by atoms with van der Waals surface area (Å²) in [5, 5.41) is 0. The van der Waals surface area contributed by atoms with Crippen LogP contribution in [0.3, 0.4) is 0 Å². The van der Waals surface area contributed by atoms with Crippen molar-refractivity contribution in [2.75, 3.05) is 7.11 Å². The normalized spacial score (nSPS) is 25.6. The molecule has 1 heterocycles. The molecule has 0 fully saturated rings. The molecule has 3 atom stereocenters. The topological polar surface area (TPSA) is 35.5 Å². The number of carbonyl (C=O) groups excluding carboxylic acids is 1. The van der Waals surface area contributed by atoms with Gasteiger partial charge in [0.05, 0.1) is 7.11 Å². The Balaban J connectivity index is 2.40. The maximum atomic E-state index is 11.8. The molecule has 1 aliphatic rings. The molecule has 0 aromatic heterocycles. The van der Waals surface area contributed by atoms with E-state index in [4.69, 9.17) is 9.47 Å². The van der Waals surface area contributed by atoms with Crippen molar-refractivity contribution in [3.63, 3.8) is 0 Å². The number of esters is 1. The number of methoxy groups -OCH3 is 1. The number of carbonyl (C=O) groups is 1. The molecule has 0 unspecified atom stereocenters. The summed E-state index contributed by atoms with van der Waals surface area (Å²) in [7, 11) is 1.39. The van der Waals surface area contributed by atoms with Gasteiger partial charge in [-0.05, 0) is 24.5 Å². The summed E-state index contributed by atoms with van der Waals surface area (Å²) in [5.41, 5.74) is 1.22. The molecule has 0 bridgehead atoms. The van der Waals surface area contributed by atoms with Crippen LogP contribution in [-0.4, -0.2) is 19.2 Å². The van der Waals surface area contributed by atoms with Crippen LogP contribution in [0.5, 0.6) is 0 Å². The molecule has 3 heteroatoms. The van der Waals surface area contributed by atoms with E-state index >= 15 is 0 Å². The Morgan fingerprint density at radius 2 is 1.90 bits per heavy atom. The molecule has 108 valence electrons. The highest BCUT2D eigenvalue weighted by molar-refractivity contribution is 5.86. The fourth-order valence-corrected chi connectivity index (χ4v) is 2.95. The number of rotatable bonds is 4. The molecule has 0 amide bonds. The SMILES string of the molecule is CC[C@H]1[C@H](CC)OC(C(=O)OC)=C[C@H]1c1ccccc1. The van der Waals surface area contributed by atoms with Crippen LogP contribution in [0.25, 0.3) is 0 Å². The average molecular weight is 274 g/mol. The lowest BCUT2D eigenvalue weighted by molar-refractivity contribution is -0.142. The van der Waals surface area contributed by atoms with Crippen LogP contribution in [0.4, 0.5) is 0 Å². The van der Waals surface area contributed by atoms with Gasteiger partial charge in [-0.2, -0.15) is 0 Å². The van der Waals surface area contributed by atoms with Crippen molar-refractivity contribution in [3.05, 3.63) is 47.7 Å². The van der Waals surface area contributed by atoms with Gasteiger partial charge in [0.25, 0.3) is 0 Å². The maximum absolute atomic E-state index is 11.8. The highest BCUT2D eigenvalue weighted by Gasteiger charge is 2.35. The van der Waals surface area contributed by atoms with Crippen molar-refractivity contribution in [1.82, 2.24) is 0 Å². The van der Waals surface area contributed by atoms with Crippen LogP contribution in [-0.2, 0) is 14.3 Å². The van der Waals surface area contributed by atoms with Crippen LogP contribution < -0.4 is 0 Å². The zero-order valence-electron chi connectivity index (χ0n) is 12.3. The van der Waals surface area contributed by atoms with Crippen molar-refractivity contribution in [2.45, 2.75) is 38.7 Å². The van der Waals surface area contributed by atoms with E-state index in [9.17, 15) is 4.79 Å². The Labute approximate surface area is 120 Å². The van der Waals surface area contributed by atoms with Gasteiger partial charge in [-0.15, -0.1) is 0 Å². The van der Waals surface area contributed by atoms with Gasteiger partial charge < -0.3 is 9.47 Å². The van der Waals surface area contributed by atoms with Gasteiger partial charge in [-0.25, -0.2) is 4.79 Å². The largest absolute Gasteiger partial charge is 0.483 e. The molecule has 0 saturated carbocycles. The second kappa shape index (κ2) is 6.60. The molecule has 20 heavy (non-hydrogen) atoms. The van der Waals surface area contributed by atoms with Gasteiger partial charge in [-0.1, -0.05) is 44.2 Å². The predicted molar refractivity (Wildman–Crippen MR) is 78.2 cm³/mol. The summed E-state index contributed by atoms with van der Waals surface area (Å²) in [6.07, 6.45) is 3.88. The molecule has 1 aromatic carbocycles. The third-order valence-corrected chi connectivity index (χ3v) is 3.99. The minimum atomic E-state index is -0.390. The summed E-state index contributed by atoms with van der Waals surface area (Å²) in [6.45, 7) is 4.26. The molecular formula is C17H22O3. The molecule has 2 rings (SSSR count). The standard InChI is InChI=1S/C17H22O3/c1-4-13-14(12-9-7-6-8-10-12)11-16(17(18)19-3)20-15(13)5-2/h6-11,13-15H,4-5H2,1-3H3/t13-,14+,15+/m1/s1. The van der Waals surface area contributed by atoms with E-state index in [-0.39, 0.29) is 18.0 Å². The van der Waals surface area contributed by atoms with Gasteiger partial charge >= 0.3 is 5.97 Å². The van der Waals surface area contributed by atoms with Crippen molar-refractivity contribution in [2.24, 2.45) is 5.92 Å².